The zero-order valence-corrected chi connectivity index (χ0v) is 14.6. The summed E-state index contributed by atoms with van der Waals surface area (Å²) in [5, 5.41) is 38.9. The molecule has 25 heavy (non-hydrogen) atoms. The van der Waals surface area contributed by atoms with E-state index in [1.54, 1.807) is 0 Å². The van der Waals surface area contributed by atoms with Crippen LogP contribution in [0.25, 0.3) is 0 Å². The Hall–Kier alpha value is -1.13. The Bertz CT molecular complexity index is 611. The van der Waals surface area contributed by atoms with Crippen molar-refractivity contribution in [3.8, 4) is 5.75 Å². The predicted molar refractivity (Wildman–Crippen MR) is 86.4 cm³/mol. The van der Waals surface area contributed by atoms with E-state index in [4.69, 9.17) is 42.5 Å². The molecule has 6 atom stereocenters. The van der Waals surface area contributed by atoms with Gasteiger partial charge in [-0.2, -0.15) is 0 Å². The lowest BCUT2D eigenvalue weighted by molar-refractivity contribution is -0.294. The molecule has 0 saturated carbocycles. The van der Waals surface area contributed by atoms with Gasteiger partial charge in [-0.25, -0.2) is 4.79 Å². The molecule has 8 nitrogen and oxygen atoms in total. The molecule has 0 amide bonds. The fourth-order valence-corrected chi connectivity index (χ4v) is 2.64. The van der Waals surface area contributed by atoms with Crippen LogP contribution in [-0.2, 0) is 14.3 Å². The van der Waals surface area contributed by atoms with E-state index in [0.717, 1.165) is 0 Å². The third-order valence-electron chi connectivity index (χ3n) is 3.61. The number of hydrogen-bond donors (Lipinski definition) is 4. The zero-order valence-electron chi connectivity index (χ0n) is 13.1. The Labute approximate surface area is 153 Å². The molecule has 1 unspecified atom stereocenters. The lowest BCUT2D eigenvalue weighted by Gasteiger charge is -2.39. The lowest BCUT2D eigenvalue weighted by Crippen LogP contribution is -2.59. The molecule has 0 aliphatic carbocycles. The second kappa shape index (κ2) is 8.50. The van der Waals surface area contributed by atoms with Crippen molar-refractivity contribution >= 4 is 29.2 Å². The standard InChI is InChI=1S/C15H18Cl2O8/c1-6(23-9-3-2-7(16)4-8(9)17)14(22)25-15-13(21)12(20)11(19)10(5-18)24-15/h2-4,6,10-13,15,18-21H,5H2,1H3/t6?,10-,11-,12+,13-,15+/m1/s1. The minimum Gasteiger partial charge on any atom is -0.477 e. The van der Waals surface area contributed by atoms with Crippen LogP contribution in [0.4, 0.5) is 0 Å². The zero-order chi connectivity index (χ0) is 18.7. The molecule has 1 aromatic rings. The Morgan fingerprint density at radius 1 is 1.24 bits per heavy atom. The molecule has 2 rings (SSSR count). The summed E-state index contributed by atoms with van der Waals surface area (Å²) in [6.07, 6.45) is -8.76. The third kappa shape index (κ3) is 4.73. The highest BCUT2D eigenvalue weighted by atomic mass is 35.5. The summed E-state index contributed by atoms with van der Waals surface area (Å²) in [5.41, 5.74) is 0. The molecule has 0 aromatic heterocycles. The van der Waals surface area contributed by atoms with E-state index in [1.165, 1.54) is 25.1 Å². The van der Waals surface area contributed by atoms with Crippen LogP contribution in [-0.4, -0.2) is 69.8 Å². The van der Waals surface area contributed by atoms with E-state index in [-0.39, 0.29) is 10.8 Å². The molecule has 1 aliphatic heterocycles. The van der Waals surface area contributed by atoms with Gasteiger partial charge in [0.2, 0.25) is 6.29 Å². The molecule has 1 saturated heterocycles. The van der Waals surface area contributed by atoms with Crippen molar-refractivity contribution < 1.29 is 39.4 Å². The SMILES string of the molecule is CC(Oc1ccc(Cl)cc1Cl)C(=O)O[C@@H]1O[C@H](CO)[C@@H](O)[C@H](O)[C@H]1O. The summed E-state index contributed by atoms with van der Waals surface area (Å²) in [6, 6.07) is 4.44. The highest BCUT2D eigenvalue weighted by Crippen LogP contribution is 2.29. The first-order valence-corrected chi connectivity index (χ1v) is 8.13. The van der Waals surface area contributed by atoms with E-state index >= 15 is 0 Å². The maximum absolute atomic E-state index is 12.1. The van der Waals surface area contributed by atoms with Gasteiger partial charge in [0, 0.05) is 5.02 Å². The molecule has 1 aliphatic rings. The average molecular weight is 397 g/mol. The molecule has 10 heteroatoms. The smallest absolute Gasteiger partial charge is 0.349 e. The third-order valence-corrected chi connectivity index (χ3v) is 4.14. The van der Waals surface area contributed by atoms with Crippen LogP contribution in [0.15, 0.2) is 18.2 Å². The van der Waals surface area contributed by atoms with Crippen LogP contribution in [0.2, 0.25) is 10.0 Å². The van der Waals surface area contributed by atoms with Gasteiger partial charge in [0.25, 0.3) is 0 Å². The van der Waals surface area contributed by atoms with Gasteiger partial charge in [0.15, 0.2) is 6.10 Å². The summed E-state index contributed by atoms with van der Waals surface area (Å²) in [7, 11) is 0. The highest BCUT2D eigenvalue weighted by Gasteiger charge is 2.45. The molecular formula is C15H18Cl2O8. The van der Waals surface area contributed by atoms with E-state index in [1.807, 2.05) is 0 Å². The fourth-order valence-electron chi connectivity index (χ4n) is 2.18. The molecule has 1 aromatic carbocycles. The van der Waals surface area contributed by atoms with E-state index in [2.05, 4.69) is 0 Å². The largest absolute Gasteiger partial charge is 0.477 e. The summed E-state index contributed by atoms with van der Waals surface area (Å²) in [4.78, 5) is 12.1. The summed E-state index contributed by atoms with van der Waals surface area (Å²) >= 11 is 11.7. The second-order valence-electron chi connectivity index (χ2n) is 5.47. The molecule has 4 N–H and O–H groups in total. The first-order chi connectivity index (χ1) is 11.7. The summed E-state index contributed by atoms with van der Waals surface area (Å²) in [5.74, 6) is -0.709. The Morgan fingerprint density at radius 2 is 1.92 bits per heavy atom. The van der Waals surface area contributed by atoms with Crippen molar-refractivity contribution in [3.63, 3.8) is 0 Å². The van der Waals surface area contributed by atoms with Gasteiger partial charge >= 0.3 is 5.97 Å². The van der Waals surface area contributed by atoms with Crippen molar-refractivity contribution in [2.75, 3.05) is 6.61 Å². The molecule has 140 valence electrons. The van der Waals surface area contributed by atoms with Crippen molar-refractivity contribution in [2.24, 2.45) is 0 Å². The van der Waals surface area contributed by atoms with Crippen molar-refractivity contribution in [2.45, 2.75) is 43.7 Å². The number of carbonyl (C=O) groups is 1. The number of carbonyl (C=O) groups excluding carboxylic acids is 1. The highest BCUT2D eigenvalue weighted by molar-refractivity contribution is 6.35. The molecule has 0 bridgehead atoms. The van der Waals surface area contributed by atoms with Gasteiger partial charge in [-0.1, -0.05) is 23.2 Å². The average Bonchev–Trinajstić information content (AvgIpc) is 2.57. The van der Waals surface area contributed by atoms with Gasteiger partial charge < -0.3 is 34.6 Å². The number of esters is 1. The van der Waals surface area contributed by atoms with E-state index in [9.17, 15) is 20.1 Å². The number of aliphatic hydroxyl groups is 4. The van der Waals surface area contributed by atoms with Crippen molar-refractivity contribution in [1.82, 2.24) is 0 Å². The van der Waals surface area contributed by atoms with Gasteiger partial charge in [-0.05, 0) is 25.1 Å². The number of benzene rings is 1. The van der Waals surface area contributed by atoms with E-state index < -0.39 is 49.4 Å². The van der Waals surface area contributed by atoms with Crippen molar-refractivity contribution in [1.29, 1.82) is 0 Å². The Morgan fingerprint density at radius 3 is 2.52 bits per heavy atom. The van der Waals surface area contributed by atoms with Gasteiger partial charge in [0.1, 0.15) is 30.2 Å². The molecule has 1 heterocycles. The molecule has 1 fully saturated rings. The van der Waals surface area contributed by atoms with Crippen molar-refractivity contribution in [3.05, 3.63) is 28.2 Å². The fraction of sp³-hybridized carbons (Fsp3) is 0.533. The van der Waals surface area contributed by atoms with Crippen LogP contribution < -0.4 is 4.74 Å². The minimum absolute atomic E-state index is 0.194. The van der Waals surface area contributed by atoms with Gasteiger partial charge in [-0.15, -0.1) is 0 Å². The first-order valence-electron chi connectivity index (χ1n) is 7.37. The summed E-state index contributed by atoms with van der Waals surface area (Å²) in [6.45, 7) is 0.753. The Kier molecular flexibility index (Phi) is 6.86. The molecule has 0 spiro atoms. The maximum atomic E-state index is 12.1. The predicted octanol–water partition coefficient (Wildman–Crippen LogP) is 0.104. The summed E-state index contributed by atoms with van der Waals surface area (Å²) < 4.78 is 15.4. The minimum atomic E-state index is -1.69. The Balaban J connectivity index is 2.00. The van der Waals surface area contributed by atoms with Gasteiger partial charge in [-0.3, -0.25) is 0 Å². The number of ether oxygens (including phenoxy) is 3. The number of hydrogen-bond acceptors (Lipinski definition) is 8. The van der Waals surface area contributed by atoms with Crippen LogP contribution in [0, 0.1) is 0 Å². The number of aliphatic hydroxyl groups excluding tert-OH is 4. The maximum Gasteiger partial charge on any atom is 0.349 e. The monoisotopic (exact) mass is 396 g/mol. The number of rotatable bonds is 5. The van der Waals surface area contributed by atoms with E-state index in [0.29, 0.717) is 5.02 Å². The normalized spacial score (nSPS) is 30.6. The lowest BCUT2D eigenvalue weighted by atomic mass is 9.99. The van der Waals surface area contributed by atoms with Crippen LogP contribution >= 0.6 is 23.2 Å². The van der Waals surface area contributed by atoms with Gasteiger partial charge in [0.05, 0.1) is 11.6 Å². The topological polar surface area (TPSA) is 126 Å². The molecule has 0 radical (unpaired) electrons. The number of halogens is 2. The first kappa shape index (κ1) is 20.2. The van der Waals surface area contributed by atoms with Crippen LogP contribution in [0.5, 0.6) is 5.75 Å². The molecular weight excluding hydrogens is 379 g/mol. The van der Waals surface area contributed by atoms with Crippen LogP contribution in [0.3, 0.4) is 0 Å². The van der Waals surface area contributed by atoms with Crippen LogP contribution in [0.1, 0.15) is 6.92 Å². The quantitative estimate of drug-likeness (QED) is 0.516. The second-order valence-corrected chi connectivity index (χ2v) is 6.31.